The van der Waals surface area contributed by atoms with Gasteiger partial charge in [-0.25, -0.2) is 0 Å². The molecule has 2 aliphatic heterocycles. The van der Waals surface area contributed by atoms with E-state index >= 15 is 0 Å². The molecule has 0 saturated carbocycles. The van der Waals surface area contributed by atoms with Gasteiger partial charge in [0.05, 0.1) is 24.8 Å². The van der Waals surface area contributed by atoms with E-state index in [1.807, 2.05) is 24.3 Å². The lowest BCUT2D eigenvalue weighted by Crippen LogP contribution is -2.40. The van der Waals surface area contributed by atoms with Crippen LogP contribution >= 0.6 is 40.7 Å². The van der Waals surface area contributed by atoms with Crippen molar-refractivity contribution in [1.82, 2.24) is 10.2 Å². The summed E-state index contributed by atoms with van der Waals surface area (Å²) in [4.78, 5) is 2.42. The minimum Gasteiger partial charge on any atom is -0.493 e. The molecule has 0 aromatic heterocycles. The number of fused-ring (bicyclic) bond motifs is 1. The molecule has 1 fully saturated rings. The molecule has 4 rings (SSSR count). The molecule has 2 heterocycles. The number of rotatable bonds is 9. The summed E-state index contributed by atoms with van der Waals surface area (Å²) in [6, 6.07) is 9.90. The second-order valence-electron chi connectivity index (χ2n) is 7.22. The Labute approximate surface area is 209 Å². The molecule has 2 aromatic carbocycles. The quantitative estimate of drug-likeness (QED) is 0.472. The number of halogens is 3. The average Bonchev–Trinajstić information content (AvgIpc) is 3.24. The lowest BCUT2D eigenvalue weighted by molar-refractivity contribution is 0.0384. The van der Waals surface area contributed by atoms with Crippen molar-refractivity contribution in [3.05, 3.63) is 45.9 Å². The zero-order chi connectivity index (χ0) is 20.8. The zero-order valence-electron chi connectivity index (χ0n) is 17.9. The molecule has 0 spiro atoms. The van der Waals surface area contributed by atoms with Crippen LogP contribution in [0.15, 0.2) is 34.8 Å². The minimum absolute atomic E-state index is 0. The van der Waals surface area contributed by atoms with E-state index in [1.54, 1.807) is 7.11 Å². The lowest BCUT2D eigenvalue weighted by atomic mass is 10.2. The summed E-state index contributed by atoms with van der Waals surface area (Å²) in [5.74, 6) is 2.91. The third kappa shape index (κ3) is 7.04. The van der Waals surface area contributed by atoms with E-state index in [9.17, 15) is 0 Å². The van der Waals surface area contributed by atoms with Gasteiger partial charge >= 0.3 is 0 Å². The van der Waals surface area contributed by atoms with Gasteiger partial charge in [0.2, 0.25) is 6.79 Å². The molecule has 2 aliphatic rings. The standard InChI is InChI=1S/C22H27BrN2O5.2ClH/c1-26-21-12-17(13-24-4-5-25-6-8-27-9-7-25)10-18(23)22(21)28-14-16-2-3-19-20(11-16)30-15-29-19;;/h2-3,10-12,24H,4-9,13-15H2,1H3;2*1H. The molecule has 0 bridgehead atoms. The highest BCUT2D eigenvalue weighted by Gasteiger charge is 2.16. The fourth-order valence-electron chi connectivity index (χ4n) is 3.50. The van der Waals surface area contributed by atoms with E-state index in [2.05, 4.69) is 32.2 Å². The van der Waals surface area contributed by atoms with Crippen molar-refractivity contribution >= 4 is 40.7 Å². The van der Waals surface area contributed by atoms with Gasteiger partial charge in [0, 0.05) is 32.7 Å². The first-order chi connectivity index (χ1) is 14.7. The van der Waals surface area contributed by atoms with Crippen LogP contribution < -0.4 is 24.3 Å². The maximum absolute atomic E-state index is 6.06. The number of hydrogen-bond donors (Lipinski definition) is 1. The summed E-state index contributed by atoms with van der Waals surface area (Å²) in [6.07, 6.45) is 0. The van der Waals surface area contributed by atoms with Crippen molar-refractivity contribution in [2.24, 2.45) is 0 Å². The van der Waals surface area contributed by atoms with E-state index in [1.165, 1.54) is 0 Å². The van der Waals surface area contributed by atoms with Gasteiger partial charge in [-0.2, -0.15) is 0 Å². The Kier molecular flexibility index (Phi) is 11.2. The minimum atomic E-state index is 0. The van der Waals surface area contributed by atoms with Crippen LogP contribution in [0.5, 0.6) is 23.0 Å². The molecule has 1 N–H and O–H groups in total. The summed E-state index contributed by atoms with van der Waals surface area (Å²) in [6.45, 7) is 7.08. The maximum Gasteiger partial charge on any atom is 0.231 e. The van der Waals surface area contributed by atoms with Gasteiger partial charge in [0.1, 0.15) is 6.61 Å². The summed E-state index contributed by atoms with van der Waals surface area (Å²) < 4.78 is 28.7. The van der Waals surface area contributed by atoms with E-state index < -0.39 is 0 Å². The zero-order valence-corrected chi connectivity index (χ0v) is 21.2. The second-order valence-corrected chi connectivity index (χ2v) is 8.07. The normalized spacial score (nSPS) is 14.9. The Bertz CT molecular complexity index is 868. The molecule has 0 unspecified atom stereocenters. The highest BCUT2D eigenvalue weighted by molar-refractivity contribution is 9.10. The average molecular weight is 552 g/mol. The predicted octanol–water partition coefficient (Wildman–Crippen LogP) is 4.03. The summed E-state index contributed by atoms with van der Waals surface area (Å²) in [7, 11) is 1.66. The first-order valence-electron chi connectivity index (χ1n) is 10.1. The molecule has 0 aliphatic carbocycles. The smallest absolute Gasteiger partial charge is 0.231 e. The molecule has 0 radical (unpaired) electrons. The second kappa shape index (κ2) is 13.3. The number of ether oxygens (including phenoxy) is 5. The SMILES string of the molecule is COc1cc(CNCCN2CCOCC2)cc(Br)c1OCc1ccc2c(c1)OCO2.Cl.Cl. The van der Waals surface area contributed by atoms with Gasteiger partial charge in [-0.05, 0) is 51.3 Å². The number of morpholine rings is 1. The third-order valence-corrected chi connectivity index (χ3v) is 5.74. The van der Waals surface area contributed by atoms with Gasteiger partial charge in [0.25, 0.3) is 0 Å². The lowest BCUT2D eigenvalue weighted by Gasteiger charge is -2.26. The molecule has 32 heavy (non-hydrogen) atoms. The van der Waals surface area contributed by atoms with Crippen LogP contribution in [0.1, 0.15) is 11.1 Å². The number of nitrogens with zero attached hydrogens (tertiary/aromatic N) is 1. The van der Waals surface area contributed by atoms with Crippen molar-refractivity contribution in [3.63, 3.8) is 0 Å². The molecule has 10 heteroatoms. The number of hydrogen-bond acceptors (Lipinski definition) is 7. The van der Waals surface area contributed by atoms with Gasteiger partial charge < -0.3 is 29.0 Å². The highest BCUT2D eigenvalue weighted by Crippen LogP contribution is 2.38. The van der Waals surface area contributed by atoms with Crippen LogP contribution in [0, 0.1) is 0 Å². The van der Waals surface area contributed by atoms with Crippen molar-refractivity contribution in [2.75, 3.05) is 53.3 Å². The third-order valence-electron chi connectivity index (χ3n) is 5.15. The van der Waals surface area contributed by atoms with Crippen LogP contribution in [0.4, 0.5) is 0 Å². The van der Waals surface area contributed by atoms with Gasteiger partial charge in [-0.15, -0.1) is 24.8 Å². The van der Waals surface area contributed by atoms with Gasteiger partial charge in [-0.1, -0.05) is 6.07 Å². The Morgan fingerprint density at radius 3 is 2.59 bits per heavy atom. The van der Waals surface area contributed by atoms with Crippen molar-refractivity contribution in [1.29, 1.82) is 0 Å². The molecule has 0 amide bonds. The van der Waals surface area contributed by atoms with Crippen molar-refractivity contribution in [2.45, 2.75) is 13.2 Å². The highest BCUT2D eigenvalue weighted by atomic mass is 79.9. The number of benzene rings is 2. The molecule has 0 atom stereocenters. The largest absolute Gasteiger partial charge is 0.493 e. The van der Waals surface area contributed by atoms with E-state index in [4.69, 9.17) is 23.7 Å². The van der Waals surface area contributed by atoms with E-state index in [0.717, 1.165) is 73.0 Å². The maximum atomic E-state index is 6.06. The van der Waals surface area contributed by atoms with Crippen LogP contribution in [0.3, 0.4) is 0 Å². The summed E-state index contributed by atoms with van der Waals surface area (Å²) in [5, 5.41) is 3.50. The summed E-state index contributed by atoms with van der Waals surface area (Å²) in [5.41, 5.74) is 2.14. The Morgan fingerprint density at radius 1 is 1.03 bits per heavy atom. The van der Waals surface area contributed by atoms with Crippen molar-refractivity contribution < 1.29 is 23.7 Å². The number of nitrogens with one attached hydrogen (secondary N) is 1. The predicted molar refractivity (Wildman–Crippen MR) is 131 cm³/mol. The first-order valence-corrected chi connectivity index (χ1v) is 10.9. The van der Waals surface area contributed by atoms with Gasteiger partial charge in [-0.3, -0.25) is 4.90 Å². The molecular weight excluding hydrogens is 523 g/mol. The van der Waals surface area contributed by atoms with Crippen molar-refractivity contribution in [3.8, 4) is 23.0 Å². The fraction of sp³-hybridized carbons (Fsp3) is 0.455. The fourth-order valence-corrected chi connectivity index (χ4v) is 4.10. The molecular formula is C22H29BrCl2N2O5. The molecule has 1 saturated heterocycles. The topological polar surface area (TPSA) is 61.4 Å². The Hall–Kier alpha value is -1.42. The van der Waals surface area contributed by atoms with E-state index in [0.29, 0.717) is 18.1 Å². The molecule has 2 aromatic rings. The van der Waals surface area contributed by atoms with E-state index in [-0.39, 0.29) is 31.6 Å². The first kappa shape index (κ1) is 26.8. The Balaban J connectivity index is 0.00000181. The summed E-state index contributed by atoms with van der Waals surface area (Å²) >= 11 is 3.63. The van der Waals surface area contributed by atoms with Crippen LogP contribution in [-0.4, -0.2) is 58.2 Å². The Morgan fingerprint density at radius 2 is 1.81 bits per heavy atom. The molecule has 178 valence electrons. The van der Waals surface area contributed by atoms with Crippen LogP contribution in [0.2, 0.25) is 0 Å². The van der Waals surface area contributed by atoms with Crippen LogP contribution in [0.25, 0.3) is 0 Å². The monoisotopic (exact) mass is 550 g/mol. The van der Waals surface area contributed by atoms with Gasteiger partial charge in [0.15, 0.2) is 23.0 Å². The number of methoxy groups -OCH3 is 1. The van der Waals surface area contributed by atoms with Crippen LogP contribution in [-0.2, 0) is 17.9 Å². The molecule has 7 nitrogen and oxygen atoms in total.